The van der Waals surface area contributed by atoms with Gasteiger partial charge in [0, 0.05) is 23.3 Å². The molecule has 0 aliphatic heterocycles. The molecule has 24 heavy (non-hydrogen) atoms. The zero-order valence-electron chi connectivity index (χ0n) is 14.3. The molecule has 0 aliphatic rings. The lowest BCUT2D eigenvalue weighted by Gasteiger charge is -2.10. The van der Waals surface area contributed by atoms with Crippen LogP contribution in [0.4, 0.5) is 0 Å². The molecule has 0 bridgehead atoms. The van der Waals surface area contributed by atoms with E-state index in [0.29, 0.717) is 6.54 Å². The van der Waals surface area contributed by atoms with Gasteiger partial charge in [-0.15, -0.1) is 11.3 Å². The van der Waals surface area contributed by atoms with Crippen LogP contribution in [0.25, 0.3) is 5.65 Å². The second-order valence-electron chi connectivity index (χ2n) is 5.70. The molecule has 0 amide bonds. The summed E-state index contributed by atoms with van der Waals surface area (Å²) in [5, 5.41) is 8.80. The van der Waals surface area contributed by atoms with Gasteiger partial charge in [0.25, 0.3) is 0 Å². The van der Waals surface area contributed by atoms with Crippen molar-refractivity contribution in [3.05, 3.63) is 57.7 Å². The second-order valence-corrected chi connectivity index (χ2v) is 6.70. The van der Waals surface area contributed by atoms with Crippen molar-refractivity contribution in [2.24, 2.45) is 4.99 Å². The first-order valence-electron chi connectivity index (χ1n) is 8.16. The van der Waals surface area contributed by atoms with Crippen molar-refractivity contribution < 1.29 is 0 Å². The Morgan fingerprint density at radius 3 is 2.83 bits per heavy atom. The maximum Gasteiger partial charge on any atom is 0.191 e. The topological polar surface area (TPSA) is 53.7 Å². The maximum atomic E-state index is 4.66. The fraction of sp³-hybridized carbons (Fsp3) is 0.333. The Hall–Kier alpha value is -2.34. The average molecular weight is 341 g/mol. The van der Waals surface area contributed by atoms with Crippen molar-refractivity contribution in [3.63, 3.8) is 0 Å². The van der Waals surface area contributed by atoms with E-state index >= 15 is 0 Å². The van der Waals surface area contributed by atoms with Crippen molar-refractivity contribution in [1.82, 2.24) is 20.0 Å². The largest absolute Gasteiger partial charge is 0.357 e. The zero-order chi connectivity index (χ0) is 16.9. The summed E-state index contributed by atoms with van der Waals surface area (Å²) in [5.41, 5.74) is 4.42. The highest BCUT2D eigenvalue weighted by molar-refractivity contribution is 7.10. The Kier molecular flexibility index (Phi) is 5.15. The summed E-state index contributed by atoms with van der Waals surface area (Å²) in [4.78, 5) is 10.6. The Morgan fingerprint density at radius 1 is 1.25 bits per heavy atom. The molecule has 3 aromatic heterocycles. The summed E-state index contributed by atoms with van der Waals surface area (Å²) in [7, 11) is 0. The molecule has 0 spiro atoms. The highest BCUT2D eigenvalue weighted by Crippen LogP contribution is 2.14. The number of pyridine rings is 1. The van der Waals surface area contributed by atoms with Crippen LogP contribution in [-0.4, -0.2) is 21.9 Å². The maximum absolute atomic E-state index is 4.66. The summed E-state index contributed by atoms with van der Waals surface area (Å²) >= 11 is 1.77. The molecule has 2 N–H and O–H groups in total. The molecular formula is C18H23N5S. The number of guanidine groups is 1. The van der Waals surface area contributed by atoms with Crippen LogP contribution in [0.15, 0.2) is 40.8 Å². The third kappa shape index (κ3) is 3.76. The number of aliphatic imine (C=N–C) groups is 1. The van der Waals surface area contributed by atoms with Gasteiger partial charge in [0.05, 0.1) is 18.8 Å². The fourth-order valence-electron chi connectivity index (χ4n) is 2.53. The van der Waals surface area contributed by atoms with E-state index in [2.05, 4.69) is 69.5 Å². The van der Waals surface area contributed by atoms with E-state index < -0.39 is 0 Å². The van der Waals surface area contributed by atoms with Crippen molar-refractivity contribution in [1.29, 1.82) is 0 Å². The molecule has 6 heteroatoms. The van der Waals surface area contributed by atoms with E-state index in [0.717, 1.165) is 30.4 Å². The predicted molar refractivity (Wildman–Crippen MR) is 101 cm³/mol. The van der Waals surface area contributed by atoms with E-state index in [1.54, 1.807) is 11.3 Å². The van der Waals surface area contributed by atoms with Crippen molar-refractivity contribution >= 4 is 22.9 Å². The Morgan fingerprint density at radius 2 is 2.12 bits per heavy atom. The first-order chi connectivity index (χ1) is 11.7. The van der Waals surface area contributed by atoms with Gasteiger partial charge in [-0.05, 0) is 49.9 Å². The van der Waals surface area contributed by atoms with Crippen LogP contribution >= 0.6 is 11.3 Å². The molecule has 0 radical (unpaired) electrons. The van der Waals surface area contributed by atoms with Gasteiger partial charge in [0.2, 0.25) is 0 Å². The smallest absolute Gasteiger partial charge is 0.191 e. The van der Waals surface area contributed by atoms with Gasteiger partial charge >= 0.3 is 0 Å². The Balaban J connectivity index is 1.70. The second kappa shape index (κ2) is 7.49. The molecular weight excluding hydrogens is 318 g/mol. The monoisotopic (exact) mass is 341 g/mol. The lowest BCUT2D eigenvalue weighted by Crippen LogP contribution is -2.36. The molecule has 3 aromatic rings. The van der Waals surface area contributed by atoms with Gasteiger partial charge in [0.1, 0.15) is 5.65 Å². The highest BCUT2D eigenvalue weighted by Gasteiger charge is 2.05. The van der Waals surface area contributed by atoms with Gasteiger partial charge in [-0.2, -0.15) is 0 Å². The van der Waals surface area contributed by atoms with E-state index in [-0.39, 0.29) is 0 Å². The van der Waals surface area contributed by atoms with Crippen molar-refractivity contribution in [2.45, 2.75) is 33.9 Å². The summed E-state index contributed by atoms with van der Waals surface area (Å²) < 4.78 is 2.10. The summed E-state index contributed by atoms with van der Waals surface area (Å²) in [5.74, 6) is 0.819. The molecule has 5 nitrogen and oxygen atoms in total. The van der Waals surface area contributed by atoms with E-state index in [9.17, 15) is 0 Å². The summed E-state index contributed by atoms with van der Waals surface area (Å²) in [6.45, 7) is 8.47. The fourth-order valence-corrected chi connectivity index (χ4v) is 3.37. The van der Waals surface area contributed by atoms with Crippen LogP contribution < -0.4 is 10.6 Å². The number of thiophene rings is 1. The third-order valence-corrected chi connectivity index (χ3v) is 4.90. The van der Waals surface area contributed by atoms with Crippen LogP contribution in [0.3, 0.4) is 0 Å². The van der Waals surface area contributed by atoms with Gasteiger partial charge in [-0.1, -0.05) is 6.07 Å². The molecule has 0 saturated carbocycles. The molecule has 0 aromatic carbocycles. The van der Waals surface area contributed by atoms with Crippen LogP contribution in [0.1, 0.15) is 28.8 Å². The predicted octanol–water partition coefficient (Wildman–Crippen LogP) is 3.27. The van der Waals surface area contributed by atoms with Crippen LogP contribution in [0, 0.1) is 13.8 Å². The summed E-state index contributed by atoms with van der Waals surface area (Å²) in [6, 6.07) is 8.27. The van der Waals surface area contributed by atoms with E-state index in [4.69, 9.17) is 0 Å². The number of aromatic nitrogens is 2. The number of rotatable bonds is 5. The number of hydrogen-bond donors (Lipinski definition) is 2. The quantitative estimate of drug-likeness (QED) is 0.553. The number of aryl methyl sites for hydroxylation is 2. The minimum absolute atomic E-state index is 0.555. The van der Waals surface area contributed by atoms with Crippen LogP contribution in [0.2, 0.25) is 0 Å². The van der Waals surface area contributed by atoms with Gasteiger partial charge in [-0.3, -0.25) is 0 Å². The van der Waals surface area contributed by atoms with E-state index in [1.807, 2.05) is 12.1 Å². The zero-order valence-corrected chi connectivity index (χ0v) is 15.2. The minimum atomic E-state index is 0.555. The Labute approximate surface area is 146 Å². The third-order valence-electron chi connectivity index (χ3n) is 3.87. The summed E-state index contributed by atoms with van der Waals surface area (Å²) in [6.07, 6.45) is 2.06. The highest BCUT2D eigenvalue weighted by atomic mass is 32.1. The first kappa shape index (κ1) is 16.5. The molecule has 126 valence electrons. The molecule has 0 saturated heterocycles. The Bertz CT molecular complexity index is 846. The minimum Gasteiger partial charge on any atom is -0.357 e. The lowest BCUT2D eigenvalue weighted by molar-refractivity contribution is 0.818. The molecule has 3 heterocycles. The lowest BCUT2D eigenvalue weighted by atomic mass is 10.3. The van der Waals surface area contributed by atoms with Crippen LogP contribution in [-0.2, 0) is 13.1 Å². The SMILES string of the molecule is CCNC(=NCc1cn2c(C)cccc2n1)NCc1sccc1C. The number of nitrogens with zero attached hydrogens (tertiary/aromatic N) is 3. The molecule has 0 aliphatic carbocycles. The number of imidazole rings is 1. The first-order valence-corrected chi connectivity index (χ1v) is 9.04. The molecule has 0 unspecified atom stereocenters. The average Bonchev–Trinajstić information content (AvgIpc) is 3.17. The normalized spacial score (nSPS) is 11.9. The molecule has 0 atom stereocenters. The van der Waals surface area contributed by atoms with E-state index in [1.165, 1.54) is 16.1 Å². The van der Waals surface area contributed by atoms with Gasteiger partial charge in [0.15, 0.2) is 5.96 Å². The number of nitrogens with one attached hydrogen (secondary N) is 2. The number of hydrogen-bond acceptors (Lipinski definition) is 3. The van der Waals surface area contributed by atoms with Crippen LogP contribution in [0.5, 0.6) is 0 Å². The van der Waals surface area contributed by atoms with Gasteiger partial charge < -0.3 is 15.0 Å². The standard InChI is InChI=1S/C18H23N5S/c1-4-19-18(21-11-16-13(2)8-9-24-16)20-10-15-12-23-14(3)6-5-7-17(23)22-15/h5-9,12H,4,10-11H2,1-3H3,(H2,19,20,21). The number of fused-ring (bicyclic) bond motifs is 1. The molecule has 3 rings (SSSR count). The van der Waals surface area contributed by atoms with Crippen molar-refractivity contribution in [3.8, 4) is 0 Å². The molecule has 0 fully saturated rings. The van der Waals surface area contributed by atoms with Crippen molar-refractivity contribution in [2.75, 3.05) is 6.54 Å². The van der Waals surface area contributed by atoms with Gasteiger partial charge in [-0.25, -0.2) is 9.98 Å².